The standard InChI is InChI=1S/C16H21FN2O3/c1-18-8-9-21-15(11-18)16(20)19-7-6-14(10-19)22-13-4-2-12(17)3-5-13/h2-5,14-15H,6-11H2,1H3/t14-,15-/m0/s1. The van der Waals surface area contributed by atoms with Gasteiger partial charge in [-0.3, -0.25) is 4.79 Å². The minimum absolute atomic E-state index is 0.0387. The van der Waals surface area contributed by atoms with E-state index in [1.54, 1.807) is 17.0 Å². The van der Waals surface area contributed by atoms with E-state index < -0.39 is 0 Å². The summed E-state index contributed by atoms with van der Waals surface area (Å²) in [6.07, 6.45) is 0.366. The Morgan fingerprint density at radius 3 is 2.77 bits per heavy atom. The van der Waals surface area contributed by atoms with E-state index >= 15 is 0 Å². The number of morpholine rings is 1. The van der Waals surface area contributed by atoms with Crippen molar-refractivity contribution in [2.75, 3.05) is 39.8 Å². The number of ether oxygens (including phenoxy) is 2. The largest absolute Gasteiger partial charge is 0.489 e. The fraction of sp³-hybridized carbons (Fsp3) is 0.562. The molecule has 0 N–H and O–H groups in total. The molecular formula is C16H21FN2O3. The zero-order valence-corrected chi connectivity index (χ0v) is 12.7. The van der Waals surface area contributed by atoms with Gasteiger partial charge in [0.2, 0.25) is 0 Å². The van der Waals surface area contributed by atoms with Crippen LogP contribution in [0.15, 0.2) is 24.3 Å². The smallest absolute Gasteiger partial charge is 0.253 e. The van der Waals surface area contributed by atoms with Gasteiger partial charge in [0.15, 0.2) is 0 Å². The molecule has 120 valence electrons. The Morgan fingerprint density at radius 1 is 1.27 bits per heavy atom. The molecule has 5 nitrogen and oxygen atoms in total. The van der Waals surface area contributed by atoms with Gasteiger partial charge in [0, 0.05) is 26.1 Å². The molecule has 0 saturated carbocycles. The third-order valence-corrected chi connectivity index (χ3v) is 4.12. The van der Waals surface area contributed by atoms with Crippen molar-refractivity contribution >= 4 is 5.91 Å². The maximum Gasteiger partial charge on any atom is 0.253 e. The Bertz CT molecular complexity index is 523. The van der Waals surface area contributed by atoms with Crippen molar-refractivity contribution in [3.8, 4) is 5.75 Å². The monoisotopic (exact) mass is 308 g/mol. The Labute approximate surface area is 129 Å². The van der Waals surface area contributed by atoms with Crippen molar-refractivity contribution in [2.24, 2.45) is 0 Å². The summed E-state index contributed by atoms with van der Waals surface area (Å²) in [5.41, 5.74) is 0. The van der Waals surface area contributed by atoms with E-state index in [0.717, 1.165) is 13.0 Å². The number of carbonyl (C=O) groups excluding carboxylic acids is 1. The molecule has 1 aromatic rings. The van der Waals surface area contributed by atoms with Gasteiger partial charge in [-0.1, -0.05) is 0 Å². The molecule has 2 saturated heterocycles. The van der Waals surface area contributed by atoms with Gasteiger partial charge < -0.3 is 19.3 Å². The van der Waals surface area contributed by atoms with Crippen LogP contribution in [0.3, 0.4) is 0 Å². The van der Waals surface area contributed by atoms with E-state index in [4.69, 9.17) is 9.47 Å². The van der Waals surface area contributed by atoms with Crippen LogP contribution in [0.5, 0.6) is 5.75 Å². The topological polar surface area (TPSA) is 42.0 Å². The third-order valence-electron chi connectivity index (χ3n) is 4.12. The van der Waals surface area contributed by atoms with Gasteiger partial charge in [0.05, 0.1) is 13.2 Å². The lowest BCUT2D eigenvalue weighted by molar-refractivity contribution is -0.148. The summed E-state index contributed by atoms with van der Waals surface area (Å²) in [7, 11) is 1.99. The lowest BCUT2D eigenvalue weighted by Gasteiger charge is -2.31. The van der Waals surface area contributed by atoms with Crippen molar-refractivity contribution in [3.63, 3.8) is 0 Å². The SMILES string of the molecule is CN1CCO[C@H](C(=O)N2CC[C@H](Oc3ccc(F)cc3)C2)C1. The zero-order valence-electron chi connectivity index (χ0n) is 12.7. The molecule has 1 amide bonds. The molecule has 0 bridgehead atoms. The predicted octanol–water partition coefficient (Wildman–Crippen LogP) is 1.14. The molecule has 3 rings (SSSR count). The highest BCUT2D eigenvalue weighted by Gasteiger charge is 2.34. The quantitative estimate of drug-likeness (QED) is 0.840. The van der Waals surface area contributed by atoms with E-state index in [1.165, 1.54) is 12.1 Å². The first-order valence-corrected chi connectivity index (χ1v) is 7.63. The van der Waals surface area contributed by atoms with E-state index in [1.807, 2.05) is 7.05 Å². The molecule has 0 unspecified atom stereocenters. The molecule has 22 heavy (non-hydrogen) atoms. The van der Waals surface area contributed by atoms with Crippen molar-refractivity contribution in [1.29, 1.82) is 0 Å². The maximum atomic E-state index is 12.9. The summed E-state index contributed by atoms with van der Waals surface area (Å²) in [5.74, 6) is 0.389. The van der Waals surface area contributed by atoms with Gasteiger partial charge in [-0.2, -0.15) is 0 Å². The number of benzene rings is 1. The summed E-state index contributed by atoms with van der Waals surface area (Å²) in [4.78, 5) is 16.4. The Kier molecular flexibility index (Phi) is 4.59. The normalized spacial score (nSPS) is 26.2. The molecule has 2 fully saturated rings. The number of hydrogen-bond acceptors (Lipinski definition) is 4. The molecule has 6 heteroatoms. The van der Waals surface area contributed by atoms with Crippen LogP contribution >= 0.6 is 0 Å². The summed E-state index contributed by atoms with van der Waals surface area (Å²) in [6.45, 7) is 3.32. The minimum atomic E-state index is -0.372. The van der Waals surface area contributed by atoms with Crippen LogP contribution in [0.4, 0.5) is 4.39 Å². The third kappa shape index (κ3) is 3.56. The van der Waals surface area contributed by atoms with Gasteiger partial charge in [-0.05, 0) is 31.3 Å². The second-order valence-corrected chi connectivity index (χ2v) is 5.89. The maximum absolute atomic E-state index is 12.9. The number of halogens is 1. The first-order valence-electron chi connectivity index (χ1n) is 7.63. The molecule has 2 heterocycles. The number of hydrogen-bond donors (Lipinski definition) is 0. The van der Waals surface area contributed by atoms with E-state index in [9.17, 15) is 9.18 Å². The molecule has 2 atom stereocenters. The van der Waals surface area contributed by atoms with Crippen LogP contribution in [0, 0.1) is 5.82 Å². The second-order valence-electron chi connectivity index (χ2n) is 5.89. The van der Waals surface area contributed by atoms with Crippen LogP contribution < -0.4 is 4.74 Å². The average Bonchev–Trinajstić information content (AvgIpc) is 2.97. The Hall–Kier alpha value is -1.66. The first-order chi connectivity index (χ1) is 10.6. The number of rotatable bonds is 3. The fourth-order valence-electron chi connectivity index (χ4n) is 2.86. The molecule has 0 radical (unpaired) electrons. The molecule has 2 aliphatic rings. The summed E-state index contributed by atoms with van der Waals surface area (Å²) in [5, 5.41) is 0. The highest BCUT2D eigenvalue weighted by molar-refractivity contribution is 5.81. The fourth-order valence-corrected chi connectivity index (χ4v) is 2.86. The highest BCUT2D eigenvalue weighted by atomic mass is 19.1. The summed E-state index contributed by atoms with van der Waals surface area (Å²) < 4.78 is 24.3. The van der Waals surface area contributed by atoms with Gasteiger partial charge in [0.25, 0.3) is 5.91 Å². The van der Waals surface area contributed by atoms with Crippen LogP contribution in [0.1, 0.15) is 6.42 Å². The number of amides is 1. The van der Waals surface area contributed by atoms with E-state index in [-0.39, 0.29) is 23.9 Å². The zero-order chi connectivity index (χ0) is 15.5. The number of likely N-dealkylation sites (tertiary alicyclic amines) is 1. The Balaban J connectivity index is 1.53. The number of nitrogens with zero attached hydrogens (tertiary/aromatic N) is 2. The van der Waals surface area contributed by atoms with Crippen LogP contribution in [-0.4, -0.2) is 67.7 Å². The molecule has 1 aromatic carbocycles. The Morgan fingerprint density at radius 2 is 2.05 bits per heavy atom. The lowest BCUT2D eigenvalue weighted by atomic mass is 10.2. The van der Waals surface area contributed by atoms with Crippen LogP contribution in [0.25, 0.3) is 0 Å². The first kappa shape index (κ1) is 15.2. The molecule has 0 aromatic heterocycles. The van der Waals surface area contributed by atoms with Gasteiger partial charge in [-0.25, -0.2) is 4.39 Å². The second kappa shape index (κ2) is 6.62. The van der Waals surface area contributed by atoms with Gasteiger partial charge in [0.1, 0.15) is 23.8 Å². The molecular weight excluding hydrogens is 287 g/mol. The van der Waals surface area contributed by atoms with Crippen molar-refractivity contribution < 1.29 is 18.7 Å². The lowest BCUT2D eigenvalue weighted by Crippen LogP contribution is -2.49. The van der Waals surface area contributed by atoms with Crippen molar-refractivity contribution in [2.45, 2.75) is 18.6 Å². The van der Waals surface area contributed by atoms with E-state index in [0.29, 0.717) is 32.0 Å². The predicted molar refractivity (Wildman–Crippen MR) is 79.3 cm³/mol. The van der Waals surface area contributed by atoms with Gasteiger partial charge in [-0.15, -0.1) is 0 Å². The number of carbonyl (C=O) groups is 1. The summed E-state index contributed by atoms with van der Waals surface area (Å²) >= 11 is 0. The van der Waals surface area contributed by atoms with Crippen molar-refractivity contribution in [1.82, 2.24) is 9.80 Å². The van der Waals surface area contributed by atoms with Crippen molar-refractivity contribution in [3.05, 3.63) is 30.1 Å². The van der Waals surface area contributed by atoms with Gasteiger partial charge >= 0.3 is 0 Å². The number of likely N-dealkylation sites (N-methyl/N-ethyl adjacent to an activating group) is 1. The summed E-state index contributed by atoms with van der Waals surface area (Å²) in [6, 6.07) is 5.97. The van der Waals surface area contributed by atoms with Crippen LogP contribution in [0.2, 0.25) is 0 Å². The highest BCUT2D eigenvalue weighted by Crippen LogP contribution is 2.20. The molecule has 0 aliphatic carbocycles. The van der Waals surface area contributed by atoms with E-state index in [2.05, 4.69) is 4.90 Å². The average molecular weight is 308 g/mol. The minimum Gasteiger partial charge on any atom is -0.489 e. The molecule has 2 aliphatic heterocycles. The van der Waals surface area contributed by atoms with Crippen LogP contribution in [-0.2, 0) is 9.53 Å². The molecule has 0 spiro atoms.